The van der Waals surface area contributed by atoms with Gasteiger partial charge in [0.2, 0.25) is 5.91 Å². The zero-order valence-electron chi connectivity index (χ0n) is 19.2. The van der Waals surface area contributed by atoms with Crippen molar-refractivity contribution >= 4 is 5.91 Å². The SMILES string of the molecule is C=C(C)CCCCC1CCN(C(=O)C2CCN(C3CCN(CC)CC3)CC2)CC1. The topological polar surface area (TPSA) is 26.8 Å². The molecule has 0 spiro atoms. The van der Waals surface area contributed by atoms with Gasteiger partial charge in [-0.25, -0.2) is 0 Å². The summed E-state index contributed by atoms with van der Waals surface area (Å²) in [5.41, 5.74) is 1.31. The lowest BCUT2D eigenvalue weighted by molar-refractivity contribution is -0.138. The molecule has 3 rings (SSSR count). The van der Waals surface area contributed by atoms with E-state index < -0.39 is 0 Å². The van der Waals surface area contributed by atoms with Crippen molar-refractivity contribution in [2.24, 2.45) is 11.8 Å². The number of carbonyl (C=O) groups is 1. The molecule has 3 aliphatic rings. The molecule has 0 aliphatic carbocycles. The molecule has 0 aromatic heterocycles. The first-order valence-corrected chi connectivity index (χ1v) is 12.5. The Balaban J connectivity index is 1.32. The Morgan fingerprint density at radius 1 is 0.897 bits per heavy atom. The number of amides is 1. The van der Waals surface area contributed by atoms with Gasteiger partial charge in [0.15, 0.2) is 0 Å². The largest absolute Gasteiger partial charge is 0.342 e. The van der Waals surface area contributed by atoms with Crippen LogP contribution in [0.2, 0.25) is 0 Å². The summed E-state index contributed by atoms with van der Waals surface area (Å²) in [5.74, 6) is 1.58. The minimum absolute atomic E-state index is 0.286. The standard InChI is InChI=1S/C25H45N3O/c1-4-26-15-13-24(14-16-26)27-19-11-23(12-20-27)25(29)28-17-9-22(10-18-28)8-6-5-7-21(2)3/h22-24H,2,4-20H2,1,3H3. The van der Waals surface area contributed by atoms with Crippen molar-refractivity contribution in [1.29, 1.82) is 0 Å². The Hall–Kier alpha value is -0.870. The van der Waals surface area contributed by atoms with Gasteiger partial charge in [0, 0.05) is 25.0 Å². The van der Waals surface area contributed by atoms with Crippen LogP contribution in [0.15, 0.2) is 12.2 Å². The van der Waals surface area contributed by atoms with Crippen molar-refractivity contribution in [2.75, 3.05) is 45.8 Å². The second-order valence-corrected chi connectivity index (χ2v) is 9.95. The molecule has 0 atom stereocenters. The average Bonchev–Trinajstić information content (AvgIpc) is 2.77. The molecule has 29 heavy (non-hydrogen) atoms. The third-order valence-corrected chi connectivity index (χ3v) is 7.79. The minimum Gasteiger partial charge on any atom is -0.342 e. The van der Waals surface area contributed by atoms with E-state index in [0.29, 0.717) is 5.91 Å². The van der Waals surface area contributed by atoms with Gasteiger partial charge in [0.05, 0.1) is 0 Å². The second-order valence-electron chi connectivity index (χ2n) is 9.95. The number of likely N-dealkylation sites (tertiary alicyclic amines) is 3. The lowest BCUT2D eigenvalue weighted by Gasteiger charge is -2.42. The molecule has 166 valence electrons. The van der Waals surface area contributed by atoms with E-state index in [1.54, 1.807) is 0 Å². The normalized spacial score (nSPS) is 24.1. The van der Waals surface area contributed by atoms with Crippen LogP contribution in [0.25, 0.3) is 0 Å². The zero-order chi connectivity index (χ0) is 20.6. The maximum absolute atomic E-state index is 13.1. The highest BCUT2D eigenvalue weighted by Gasteiger charge is 2.33. The Kier molecular flexibility index (Phi) is 9.05. The van der Waals surface area contributed by atoms with Crippen LogP contribution < -0.4 is 0 Å². The van der Waals surface area contributed by atoms with Crippen LogP contribution in [0.4, 0.5) is 0 Å². The van der Waals surface area contributed by atoms with Crippen molar-refractivity contribution in [3.8, 4) is 0 Å². The molecule has 0 aromatic carbocycles. The molecule has 0 aromatic rings. The Morgan fingerprint density at radius 2 is 1.55 bits per heavy atom. The lowest BCUT2D eigenvalue weighted by atomic mass is 9.88. The fraction of sp³-hybridized carbons (Fsp3) is 0.880. The molecule has 0 radical (unpaired) electrons. The van der Waals surface area contributed by atoms with E-state index >= 15 is 0 Å². The highest BCUT2D eigenvalue weighted by atomic mass is 16.2. The molecule has 3 fully saturated rings. The number of unbranched alkanes of at least 4 members (excludes halogenated alkanes) is 1. The fourth-order valence-electron chi connectivity index (χ4n) is 5.67. The zero-order valence-corrected chi connectivity index (χ0v) is 19.2. The first-order chi connectivity index (χ1) is 14.1. The van der Waals surface area contributed by atoms with Crippen molar-refractivity contribution in [3.05, 3.63) is 12.2 Å². The van der Waals surface area contributed by atoms with Gasteiger partial charge in [-0.2, -0.15) is 0 Å². The van der Waals surface area contributed by atoms with Crippen molar-refractivity contribution in [3.63, 3.8) is 0 Å². The number of piperidine rings is 3. The van der Waals surface area contributed by atoms with Gasteiger partial charge < -0.3 is 14.7 Å². The smallest absolute Gasteiger partial charge is 0.225 e. The number of hydrogen-bond acceptors (Lipinski definition) is 3. The molecule has 0 saturated carbocycles. The molecule has 0 N–H and O–H groups in total. The Bertz CT molecular complexity index is 510. The van der Waals surface area contributed by atoms with E-state index in [4.69, 9.17) is 0 Å². The number of hydrogen-bond donors (Lipinski definition) is 0. The molecule has 3 aliphatic heterocycles. The quantitative estimate of drug-likeness (QED) is 0.439. The number of rotatable bonds is 8. The monoisotopic (exact) mass is 403 g/mol. The molecule has 0 bridgehead atoms. The van der Waals surface area contributed by atoms with Crippen LogP contribution in [-0.2, 0) is 4.79 Å². The third-order valence-electron chi connectivity index (χ3n) is 7.79. The van der Waals surface area contributed by atoms with Gasteiger partial charge in [-0.3, -0.25) is 4.79 Å². The first kappa shape index (κ1) is 22.8. The highest BCUT2D eigenvalue weighted by molar-refractivity contribution is 5.79. The average molecular weight is 404 g/mol. The summed E-state index contributed by atoms with van der Waals surface area (Å²) in [6.45, 7) is 16.4. The summed E-state index contributed by atoms with van der Waals surface area (Å²) in [7, 11) is 0. The molecule has 4 heteroatoms. The maximum atomic E-state index is 13.1. The Morgan fingerprint density at radius 3 is 2.14 bits per heavy atom. The van der Waals surface area contributed by atoms with Gasteiger partial charge in [-0.15, -0.1) is 6.58 Å². The molecule has 1 amide bonds. The summed E-state index contributed by atoms with van der Waals surface area (Å²) < 4.78 is 0. The molecule has 0 unspecified atom stereocenters. The van der Waals surface area contributed by atoms with Crippen LogP contribution in [-0.4, -0.2) is 72.5 Å². The summed E-state index contributed by atoms with van der Waals surface area (Å²) in [6, 6.07) is 0.759. The van der Waals surface area contributed by atoms with Crippen molar-refractivity contribution in [2.45, 2.75) is 84.1 Å². The predicted molar refractivity (Wildman–Crippen MR) is 122 cm³/mol. The van der Waals surface area contributed by atoms with Gasteiger partial charge >= 0.3 is 0 Å². The third kappa shape index (κ3) is 6.82. The van der Waals surface area contributed by atoms with Crippen molar-refractivity contribution < 1.29 is 4.79 Å². The van der Waals surface area contributed by atoms with Crippen LogP contribution in [0.3, 0.4) is 0 Å². The van der Waals surface area contributed by atoms with E-state index in [1.165, 1.54) is 76.6 Å². The summed E-state index contributed by atoms with van der Waals surface area (Å²) in [6.07, 6.45) is 12.3. The molecular weight excluding hydrogens is 358 g/mol. The summed E-state index contributed by atoms with van der Waals surface area (Å²) in [4.78, 5) is 20.5. The lowest BCUT2D eigenvalue weighted by Crippen LogP contribution is -2.50. The van der Waals surface area contributed by atoms with Gasteiger partial charge in [-0.1, -0.05) is 25.3 Å². The van der Waals surface area contributed by atoms with E-state index in [1.807, 2.05) is 0 Å². The molecular formula is C25H45N3O. The molecule has 3 heterocycles. The van der Waals surface area contributed by atoms with E-state index in [9.17, 15) is 4.79 Å². The summed E-state index contributed by atoms with van der Waals surface area (Å²) >= 11 is 0. The fourth-order valence-corrected chi connectivity index (χ4v) is 5.67. The molecule has 4 nitrogen and oxygen atoms in total. The van der Waals surface area contributed by atoms with Crippen LogP contribution in [0.5, 0.6) is 0 Å². The molecule has 3 saturated heterocycles. The minimum atomic E-state index is 0.286. The number of carbonyl (C=O) groups excluding carboxylic acids is 1. The number of nitrogens with zero attached hydrogens (tertiary/aromatic N) is 3. The number of allylic oxidation sites excluding steroid dienone is 1. The van der Waals surface area contributed by atoms with Gasteiger partial charge in [0.1, 0.15) is 0 Å². The van der Waals surface area contributed by atoms with Gasteiger partial charge in [-0.05, 0) is 96.9 Å². The maximum Gasteiger partial charge on any atom is 0.225 e. The first-order valence-electron chi connectivity index (χ1n) is 12.5. The van der Waals surface area contributed by atoms with Gasteiger partial charge in [0.25, 0.3) is 0 Å². The van der Waals surface area contributed by atoms with E-state index in [2.05, 4.69) is 35.1 Å². The van der Waals surface area contributed by atoms with Crippen LogP contribution in [0.1, 0.15) is 78.1 Å². The van der Waals surface area contributed by atoms with Crippen LogP contribution >= 0.6 is 0 Å². The summed E-state index contributed by atoms with van der Waals surface area (Å²) in [5, 5.41) is 0. The Labute approximate surface area is 179 Å². The highest BCUT2D eigenvalue weighted by Crippen LogP contribution is 2.28. The van der Waals surface area contributed by atoms with Crippen LogP contribution in [0, 0.1) is 11.8 Å². The van der Waals surface area contributed by atoms with Crippen molar-refractivity contribution in [1.82, 2.24) is 14.7 Å². The van der Waals surface area contributed by atoms with E-state index in [-0.39, 0.29) is 5.92 Å². The predicted octanol–water partition coefficient (Wildman–Crippen LogP) is 4.56. The van der Waals surface area contributed by atoms with E-state index in [0.717, 1.165) is 51.0 Å². The second kappa shape index (κ2) is 11.5.